The van der Waals surface area contributed by atoms with Gasteiger partial charge in [-0.25, -0.2) is 18.7 Å². The molecule has 9 nitrogen and oxygen atoms in total. The van der Waals surface area contributed by atoms with Crippen LogP contribution in [0, 0.1) is 17.2 Å². The fraction of sp³-hybridized carbons (Fsp3) is 0.429. The summed E-state index contributed by atoms with van der Waals surface area (Å²) in [7, 11) is 0. The van der Waals surface area contributed by atoms with Gasteiger partial charge in [-0.3, -0.25) is 14.6 Å². The minimum atomic E-state index is -2.59. The van der Waals surface area contributed by atoms with Crippen LogP contribution in [0.15, 0.2) is 24.7 Å². The molecule has 1 atom stereocenters. The second-order valence-corrected chi connectivity index (χ2v) is 7.77. The van der Waals surface area contributed by atoms with Crippen LogP contribution in [0.1, 0.15) is 31.4 Å². The quantitative estimate of drug-likeness (QED) is 0.676. The molecule has 1 unspecified atom stereocenters. The molecular weight excluding hydrogens is 420 g/mol. The topological polar surface area (TPSA) is 124 Å². The second kappa shape index (κ2) is 9.21. The van der Waals surface area contributed by atoms with E-state index in [1.807, 2.05) is 6.07 Å². The summed E-state index contributed by atoms with van der Waals surface area (Å²) < 4.78 is 26.2. The number of amides is 2. The maximum Gasteiger partial charge on any atom is 0.258 e. The lowest BCUT2D eigenvalue weighted by Gasteiger charge is -2.24. The smallest absolute Gasteiger partial charge is 0.258 e. The Balaban J connectivity index is 1.45. The summed E-state index contributed by atoms with van der Waals surface area (Å²) in [5, 5.41) is 14.9. The van der Waals surface area contributed by atoms with Gasteiger partial charge in [-0.05, 0) is 31.7 Å². The largest absolute Gasteiger partial charge is 0.374 e. The van der Waals surface area contributed by atoms with Gasteiger partial charge in [-0.15, -0.1) is 0 Å². The van der Waals surface area contributed by atoms with E-state index in [0.29, 0.717) is 29.2 Å². The van der Waals surface area contributed by atoms with Crippen LogP contribution in [0.3, 0.4) is 0 Å². The molecule has 0 bridgehead atoms. The molecule has 0 aromatic carbocycles. The Morgan fingerprint density at radius 2 is 2.00 bits per heavy atom. The third-order valence-corrected chi connectivity index (χ3v) is 5.48. The number of rotatable bonds is 7. The molecule has 1 aliphatic heterocycles. The molecule has 2 aliphatic rings. The molecule has 0 radical (unpaired) electrons. The van der Waals surface area contributed by atoms with E-state index in [9.17, 15) is 23.6 Å². The van der Waals surface area contributed by atoms with Crippen LogP contribution in [-0.4, -0.2) is 57.2 Å². The van der Waals surface area contributed by atoms with Crippen molar-refractivity contribution in [1.82, 2.24) is 19.9 Å². The number of nitrogens with zero attached hydrogens (tertiary/aromatic N) is 5. The van der Waals surface area contributed by atoms with Crippen LogP contribution in [0.2, 0.25) is 0 Å². The molecule has 32 heavy (non-hydrogen) atoms. The first-order valence-electron chi connectivity index (χ1n) is 10.3. The monoisotopic (exact) mass is 441 g/mol. The lowest BCUT2D eigenvalue weighted by molar-refractivity contribution is -0.132. The highest BCUT2D eigenvalue weighted by atomic mass is 19.3. The molecule has 2 aromatic heterocycles. The van der Waals surface area contributed by atoms with Crippen molar-refractivity contribution in [3.8, 4) is 17.3 Å². The first kappa shape index (κ1) is 21.5. The third-order valence-electron chi connectivity index (χ3n) is 5.48. The molecule has 2 fully saturated rings. The Kier molecular flexibility index (Phi) is 6.20. The summed E-state index contributed by atoms with van der Waals surface area (Å²) >= 11 is 0. The highest BCUT2D eigenvalue weighted by Gasteiger charge is 2.35. The summed E-state index contributed by atoms with van der Waals surface area (Å²) in [6.07, 6.45) is 4.35. The van der Waals surface area contributed by atoms with Gasteiger partial charge in [0.1, 0.15) is 6.07 Å². The summed E-state index contributed by atoms with van der Waals surface area (Å²) in [5.41, 5.74) is 1.35. The Bertz CT molecular complexity index is 1050. The minimum absolute atomic E-state index is 0.0482. The fourth-order valence-electron chi connectivity index (χ4n) is 3.58. The number of nitrogens with one attached hydrogen (secondary N) is 2. The van der Waals surface area contributed by atoms with Crippen LogP contribution >= 0.6 is 0 Å². The molecule has 2 amide bonds. The standard InChI is InChI=1S/C21H21F2N7O2/c22-20(23)17-2-1-5-30(17)19(31)11-27-14-6-13(8-25-15(14)7-24)16-9-28-18(10-26-16)29-21(32)12-3-4-12/h6,8-10,12,17,20,27H,1-5,11H2,(H,28,29,32). The molecule has 11 heteroatoms. The number of pyridine rings is 1. The van der Waals surface area contributed by atoms with Gasteiger partial charge in [0.25, 0.3) is 6.43 Å². The fourth-order valence-corrected chi connectivity index (χ4v) is 3.58. The molecular formula is C21H21F2N7O2. The molecule has 3 heterocycles. The maximum atomic E-state index is 13.1. The highest BCUT2D eigenvalue weighted by Crippen LogP contribution is 2.30. The third kappa shape index (κ3) is 4.80. The summed E-state index contributed by atoms with van der Waals surface area (Å²) in [5.74, 6) is -0.143. The number of hydrogen-bond donors (Lipinski definition) is 2. The van der Waals surface area contributed by atoms with Crippen molar-refractivity contribution in [3.05, 3.63) is 30.4 Å². The van der Waals surface area contributed by atoms with Crippen LogP contribution in [0.4, 0.5) is 20.3 Å². The predicted octanol–water partition coefficient (Wildman–Crippen LogP) is 2.43. The molecule has 166 valence electrons. The molecule has 2 N–H and O–H groups in total. The van der Waals surface area contributed by atoms with Crippen molar-refractivity contribution in [2.45, 2.75) is 38.2 Å². The van der Waals surface area contributed by atoms with Crippen LogP contribution in [-0.2, 0) is 9.59 Å². The van der Waals surface area contributed by atoms with Crippen molar-refractivity contribution in [2.24, 2.45) is 5.92 Å². The van der Waals surface area contributed by atoms with Gasteiger partial charge in [0.15, 0.2) is 11.5 Å². The van der Waals surface area contributed by atoms with Gasteiger partial charge in [0, 0.05) is 24.2 Å². The van der Waals surface area contributed by atoms with E-state index in [2.05, 4.69) is 25.6 Å². The van der Waals surface area contributed by atoms with E-state index < -0.39 is 18.4 Å². The number of nitriles is 1. The number of carbonyl (C=O) groups is 2. The predicted molar refractivity (Wildman–Crippen MR) is 111 cm³/mol. The number of carbonyl (C=O) groups excluding carboxylic acids is 2. The van der Waals surface area contributed by atoms with Gasteiger partial charge >= 0.3 is 0 Å². The normalized spacial score (nSPS) is 17.8. The van der Waals surface area contributed by atoms with Crippen molar-refractivity contribution in [1.29, 1.82) is 5.26 Å². The van der Waals surface area contributed by atoms with E-state index in [-0.39, 0.29) is 37.0 Å². The Hall–Kier alpha value is -3.68. The number of anilines is 2. The SMILES string of the molecule is N#Cc1ncc(-c2cnc(NC(=O)C3CC3)cn2)cc1NCC(=O)N1CCCC1C(F)F. The Labute approximate surface area is 182 Å². The van der Waals surface area contributed by atoms with Crippen molar-refractivity contribution >= 4 is 23.3 Å². The number of aromatic nitrogens is 3. The van der Waals surface area contributed by atoms with Crippen LogP contribution in [0.25, 0.3) is 11.3 Å². The van der Waals surface area contributed by atoms with Gasteiger partial charge in [-0.2, -0.15) is 5.26 Å². The van der Waals surface area contributed by atoms with E-state index >= 15 is 0 Å². The zero-order valence-corrected chi connectivity index (χ0v) is 17.1. The number of hydrogen-bond acceptors (Lipinski definition) is 7. The molecule has 1 saturated heterocycles. The zero-order chi connectivity index (χ0) is 22.7. The van der Waals surface area contributed by atoms with Gasteiger partial charge in [0.05, 0.1) is 36.4 Å². The first-order chi connectivity index (χ1) is 15.5. The molecule has 4 rings (SSSR count). The molecule has 1 saturated carbocycles. The number of likely N-dealkylation sites (tertiary alicyclic amines) is 1. The van der Waals surface area contributed by atoms with Gasteiger partial charge < -0.3 is 15.5 Å². The van der Waals surface area contributed by atoms with Crippen molar-refractivity contribution in [3.63, 3.8) is 0 Å². The first-order valence-corrected chi connectivity index (χ1v) is 10.3. The minimum Gasteiger partial charge on any atom is -0.374 e. The van der Waals surface area contributed by atoms with Gasteiger partial charge in [0.2, 0.25) is 11.8 Å². The summed E-state index contributed by atoms with van der Waals surface area (Å²) in [4.78, 5) is 38.0. The zero-order valence-electron chi connectivity index (χ0n) is 17.1. The number of alkyl halides is 2. The van der Waals surface area contributed by atoms with E-state index in [4.69, 9.17) is 0 Å². The average Bonchev–Trinajstić information content (AvgIpc) is 3.53. The Morgan fingerprint density at radius 3 is 2.66 bits per heavy atom. The van der Waals surface area contributed by atoms with E-state index in [1.54, 1.807) is 6.07 Å². The van der Waals surface area contributed by atoms with Gasteiger partial charge in [-0.1, -0.05) is 0 Å². The summed E-state index contributed by atoms with van der Waals surface area (Å²) in [6, 6.07) is 2.47. The van der Waals surface area contributed by atoms with Crippen molar-refractivity contribution in [2.75, 3.05) is 23.7 Å². The second-order valence-electron chi connectivity index (χ2n) is 7.77. The maximum absolute atomic E-state index is 13.1. The lowest BCUT2D eigenvalue weighted by Crippen LogP contribution is -2.42. The highest BCUT2D eigenvalue weighted by molar-refractivity contribution is 5.93. The molecule has 1 aliphatic carbocycles. The summed E-state index contributed by atoms with van der Waals surface area (Å²) in [6.45, 7) is 0.0546. The van der Waals surface area contributed by atoms with Crippen molar-refractivity contribution < 1.29 is 18.4 Å². The van der Waals surface area contributed by atoms with Crippen LogP contribution in [0.5, 0.6) is 0 Å². The molecule has 2 aromatic rings. The molecule has 0 spiro atoms. The Morgan fingerprint density at radius 1 is 1.19 bits per heavy atom. The number of halogens is 2. The lowest BCUT2D eigenvalue weighted by atomic mass is 10.1. The van der Waals surface area contributed by atoms with Crippen LogP contribution < -0.4 is 10.6 Å². The van der Waals surface area contributed by atoms with E-state index in [1.165, 1.54) is 23.5 Å². The average molecular weight is 441 g/mol. The van der Waals surface area contributed by atoms with E-state index in [0.717, 1.165) is 12.8 Å².